The molecule has 1 nitrogen and oxygen atoms in total. The van der Waals surface area contributed by atoms with Crippen molar-refractivity contribution in [1.29, 1.82) is 0 Å². The molecule has 0 radical (unpaired) electrons. The molecule has 0 fully saturated rings. The Balaban J connectivity index is 2.86. The van der Waals surface area contributed by atoms with Gasteiger partial charge in [-0.15, -0.1) is 11.8 Å². The van der Waals surface area contributed by atoms with Gasteiger partial charge in [-0.05, 0) is 24.0 Å². The molecule has 0 aromatic heterocycles. The molecule has 1 rings (SSSR count). The number of halogens is 1. The number of rotatable bonds is 3. The van der Waals surface area contributed by atoms with Crippen LogP contribution < -0.4 is 0 Å². The van der Waals surface area contributed by atoms with Gasteiger partial charge >= 0.3 is 0 Å². The fourth-order valence-corrected chi connectivity index (χ4v) is 1.86. The summed E-state index contributed by atoms with van der Waals surface area (Å²) in [5.41, 5.74) is 1.11. The number of ether oxygens (including phenoxy) is 1. The minimum Gasteiger partial charge on any atom is -0.380 e. The van der Waals surface area contributed by atoms with Gasteiger partial charge in [-0.2, -0.15) is 0 Å². The molecule has 0 spiro atoms. The summed E-state index contributed by atoms with van der Waals surface area (Å²) in [4.78, 5) is 1.11. The average Bonchev–Trinajstić information content (AvgIpc) is 2.05. The summed E-state index contributed by atoms with van der Waals surface area (Å²) in [6, 6.07) is 5.99. The zero-order valence-electron chi connectivity index (χ0n) is 7.13. The Morgan fingerprint density at radius 2 is 2.25 bits per heavy atom. The van der Waals surface area contributed by atoms with E-state index in [0.717, 1.165) is 15.5 Å². The maximum absolute atomic E-state index is 5.99. The summed E-state index contributed by atoms with van der Waals surface area (Å²) in [5.74, 6) is 0. The van der Waals surface area contributed by atoms with Gasteiger partial charge in [0.05, 0.1) is 11.6 Å². The first kappa shape index (κ1) is 9.90. The highest BCUT2D eigenvalue weighted by Gasteiger charge is 1.99. The van der Waals surface area contributed by atoms with Gasteiger partial charge in [0.2, 0.25) is 0 Å². The lowest BCUT2D eigenvalue weighted by atomic mass is 10.2. The Labute approximate surface area is 82.1 Å². The van der Waals surface area contributed by atoms with Crippen molar-refractivity contribution >= 4 is 23.4 Å². The van der Waals surface area contributed by atoms with Crippen LogP contribution in [0.2, 0.25) is 5.02 Å². The number of hydrogen-bond acceptors (Lipinski definition) is 2. The fraction of sp³-hybridized carbons (Fsp3) is 0.333. The van der Waals surface area contributed by atoms with Crippen molar-refractivity contribution in [2.45, 2.75) is 11.5 Å². The van der Waals surface area contributed by atoms with Gasteiger partial charge in [-0.25, -0.2) is 0 Å². The maximum Gasteiger partial charge on any atom is 0.0713 e. The molecule has 0 N–H and O–H groups in total. The van der Waals surface area contributed by atoms with Crippen molar-refractivity contribution in [3.63, 3.8) is 0 Å². The molecule has 3 heteroatoms. The molecule has 0 saturated heterocycles. The monoisotopic (exact) mass is 202 g/mol. The third-order valence-corrected chi connectivity index (χ3v) is 2.75. The van der Waals surface area contributed by atoms with E-state index >= 15 is 0 Å². The Kier molecular flexibility index (Phi) is 3.92. The van der Waals surface area contributed by atoms with Crippen LogP contribution in [0.25, 0.3) is 0 Å². The van der Waals surface area contributed by atoms with Crippen LogP contribution in [0.5, 0.6) is 0 Å². The zero-order chi connectivity index (χ0) is 8.97. The van der Waals surface area contributed by atoms with Crippen LogP contribution in [0.4, 0.5) is 0 Å². The first-order valence-electron chi connectivity index (χ1n) is 3.59. The molecule has 0 bridgehead atoms. The van der Waals surface area contributed by atoms with Gasteiger partial charge in [-0.3, -0.25) is 0 Å². The van der Waals surface area contributed by atoms with Crippen LogP contribution in [0.1, 0.15) is 5.56 Å². The summed E-state index contributed by atoms with van der Waals surface area (Å²) in [7, 11) is 1.68. The predicted molar refractivity (Wildman–Crippen MR) is 53.9 cm³/mol. The van der Waals surface area contributed by atoms with E-state index in [4.69, 9.17) is 16.3 Å². The van der Waals surface area contributed by atoms with Crippen molar-refractivity contribution in [2.24, 2.45) is 0 Å². The van der Waals surface area contributed by atoms with Crippen LogP contribution in [-0.2, 0) is 11.3 Å². The highest BCUT2D eigenvalue weighted by molar-refractivity contribution is 7.98. The number of benzene rings is 1. The summed E-state index contributed by atoms with van der Waals surface area (Å²) in [6.07, 6.45) is 2.01. The molecule has 1 aromatic carbocycles. The third kappa shape index (κ3) is 2.41. The molecule has 0 aliphatic rings. The van der Waals surface area contributed by atoms with Crippen LogP contribution in [0.3, 0.4) is 0 Å². The molecule has 0 saturated carbocycles. The first-order valence-corrected chi connectivity index (χ1v) is 5.19. The molecule has 66 valence electrons. The van der Waals surface area contributed by atoms with Crippen molar-refractivity contribution in [2.75, 3.05) is 13.4 Å². The van der Waals surface area contributed by atoms with Crippen LogP contribution in [0, 0.1) is 0 Å². The van der Waals surface area contributed by atoms with Crippen molar-refractivity contribution < 1.29 is 4.74 Å². The van der Waals surface area contributed by atoms with Crippen LogP contribution in [0.15, 0.2) is 23.1 Å². The van der Waals surface area contributed by atoms with E-state index < -0.39 is 0 Å². The van der Waals surface area contributed by atoms with Gasteiger partial charge in [0.15, 0.2) is 0 Å². The van der Waals surface area contributed by atoms with Gasteiger partial charge in [-0.1, -0.05) is 17.7 Å². The summed E-state index contributed by atoms with van der Waals surface area (Å²) >= 11 is 7.64. The van der Waals surface area contributed by atoms with Crippen LogP contribution in [-0.4, -0.2) is 13.4 Å². The lowest BCUT2D eigenvalue weighted by Crippen LogP contribution is -1.87. The minimum atomic E-state index is 0.619. The second kappa shape index (κ2) is 4.75. The van der Waals surface area contributed by atoms with E-state index in [1.165, 1.54) is 0 Å². The molecular formula is C9H11ClOS. The molecule has 0 heterocycles. The normalized spacial score (nSPS) is 10.2. The van der Waals surface area contributed by atoms with Gasteiger partial charge < -0.3 is 4.74 Å². The average molecular weight is 203 g/mol. The smallest absolute Gasteiger partial charge is 0.0713 e. The molecule has 0 aliphatic carbocycles. The topological polar surface area (TPSA) is 9.23 Å². The molecule has 12 heavy (non-hydrogen) atoms. The molecule has 0 amide bonds. The van der Waals surface area contributed by atoms with E-state index in [2.05, 4.69) is 0 Å². The van der Waals surface area contributed by atoms with E-state index in [0.29, 0.717) is 6.61 Å². The van der Waals surface area contributed by atoms with E-state index in [9.17, 15) is 0 Å². The standard InChI is InChI=1S/C9H11ClOS/c1-11-6-7-3-4-9(12-2)8(10)5-7/h3-5H,6H2,1-2H3. The fourth-order valence-electron chi connectivity index (χ4n) is 0.966. The lowest BCUT2D eigenvalue weighted by Gasteiger charge is -2.03. The first-order chi connectivity index (χ1) is 5.77. The zero-order valence-corrected chi connectivity index (χ0v) is 8.71. The van der Waals surface area contributed by atoms with Gasteiger partial charge in [0, 0.05) is 12.0 Å². The van der Waals surface area contributed by atoms with E-state index in [-0.39, 0.29) is 0 Å². The van der Waals surface area contributed by atoms with Crippen molar-refractivity contribution in [3.8, 4) is 0 Å². The highest BCUT2D eigenvalue weighted by atomic mass is 35.5. The molecule has 0 aliphatic heterocycles. The third-order valence-electron chi connectivity index (χ3n) is 1.53. The van der Waals surface area contributed by atoms with Gasteiger partial charge in [0.1, 0.15) is 0 Å². The Morgan fingerprint density at radius 1 is 1.50 bits per heavy atom. The second-order valence-electron chi connectivity index (χ2n) is 2.40. The predicted octanol–water partition coefficient (Wildman–Crippen LogP) is 3.21. The molecular weight excluding hydrogens is 192 g/mol. The molecule has 1 aromatic rings. The van der Waals surface area contributed by atoms with E-state index in [1.807, 2.05) is 24.5 Å². The molecule has 0 unspecified atom stereocenters. The van der Waals surface area contributed by atoms with Gasteiger partial charge in [0.25, 0.3) is 0 Å². The van der Waals surface area contributed by atoms with Crippen molar-refractivity contribution in [3.05, 3.63) is 28.8 Å². The Hall–Kier alpha value is -0.180. The second-order valence-corrected chi connectivity index (χ2v) is 3.66. The highest BCUT2D eigenvalue weighted by Crippen LogP contribution is 2.26. The summed E-state index contributed by atoms with van der Waals surface area (Å²) in [6.45, 7) is 0.619. The maximum atomic E-state index is 5.99. The Bertz CT molecular complexity index is 263. The lowest BCUT2D eigenvalue weighted by molar-refractivity contribution is 0.185. The van der Waals surface area contributed by atoms with E-state index in [1.54, 1.807) is 18.9 Å². The number of thioether (sulfide) groups is 1. The van der Waals surface area contributed by atoms with Crippen LogP contribution >= 0.6 is 23.4 Å². The summed E-state index contributed by atoms with van der Waals surface area (Å²) in [5, 5.41) is 0.803. The number of hydrogen-bond donors (Lipinski definition) is 0. The molecule has 0 atom stereocenters. The number of methoxy groups -OCH3 is 1. The quantitative estimate of drug-likeness (QED) is 0.697. The minimum absolute atomic E-state index is 0.619. The SMILES string of the molecule is COCc1ccc(SC)c(Cl)c1. The summed E-state index contributed by atoms with van der Waals surface area (Å²) < 4.78 is 4.99. The Morgan fingerprint density at radius 3 is 2.75 bits per heavy atom. The largest absolute Gasteiger partial charge is 0.380 e. The van der Waals surface area contributed by atoms with Crippen molar-refractivity contribution in [1.82, 2.24) is 0 Å².